The van der Waals surface area contributed by atoms with Gasteiger partial charge in [0.1, 0.15) is 0 Å². The summed E-state index contributed by atoms with van der Waals surface area (Å²) < 4.78 is 0. The number of nitrogens with two attached hydrogens (primary N) is 1. The molecule has 0 spiro atoms. The molecule has 4 nitrogen and oxygen atoms in total. The lowest BCUT2D eigenvalue weighted by Gasteiger charge is -2.49. The topological polar surface area (TPSA) is 49.6 Å². The zero-order valence-corrected chi connectivity index (χ0v) is 8.99. The van der Waals surface area contributed by atoms with E-state index >= 15 is 0 Å². The summed E-state index contributed by atoms with van der Waals surface area (Å²) in [5.74, 6) is 0.267. The second kappa shape index (κ2) is 3.21. The van der Waals surface area contributed by atoms with E-state index in [0.717, 1.165) is 32.5 Å². The third-order valence-corrected chi connectivity index (χ3v) is 3.58. The molecule has 14 heavy (non-hydrogen) atoms. The molecule has 0 bridgehead atoms. The molecule has 1 amide bonds. The van der Waals surface area contributed by atoms with E-state index in [2.05, 4.69) is 11.8 Å². The summed E-state index contributed by atoms with van der Waals surface area (Å²) in [6.07, 6.45) is 1.97. The highest BCUT2D eigenvalue weighted by Gasteiger charge is 2.45. The van der Waals surface area contributed by atoms with Crippen LogP contribution in [-0.2, 0) is 4.79 Å². The van der Waals surface area contributed by atoms with Gasteiger partial charge in [-0.15, -0.1) is 0 Å². The average Bonchev–Trinajstić information content (AvgIpc) is 2.43. The van der Waals surface area contributed by atoms with E-state index in [1.165, 1.54) is 0 Å². The zero-order chi connectivity index (χ0) is 10.3. The van der Waals surface area contributed by atoms with Crippen LogP contribution in [0.25, 0.3) is 0 Å². The normalized spacial score (nSPS) is 32.1. The Morgan fingerprint density at radius 3 is 2.64 bits per heavy atom. The smallest absolute Gasteiger partial charge is 0.239 e. The predicted molar refractivity (Wildman–Crippen MR) is 54.8 cm³/mol. The molecule has 0 aliphatic carbocycles. The van der Waals surface area contributed by atoms with E-state index < -0.39 is 0 Å². The highest BCUT2D eigenvalue weighted by molar-refractivity contribution is 5.83. The van der Waals surface area contributed by atoms with Crippen molar-refractivity contribution in [3.63, 3.8) is 0 Å². The third-order valence-electron chi connectivity index (χ3n) is 3.58. The molecular formula is C10H19N3O. The first kappa shape index (κ1) is 9.93. The Kier molecular flexibility index (Phi) is 2.27. The molecule has 1 unspecified atom stereocenters. The van der Waals surface area contributed by atoms with Gasteiger partial charge in [-0.25, -0.2) is 0 Å². The number of likely N-dealkylation sites (N-methyl/N-ethyl adjacent to an activating group) is 1. The molecule has 0 aromatic heterocycles. The zero-order valence-electron chi connectivity index (χ0n) is 8.99. The molecule has 2 aliphatic rings. The van der Waals surface area contributed by atoms with Crippen molar-refractivity contribution in [1.82, 2.24) is 9.80 Å². The van der Waals surface area contributed by atoms with Gasteiger partial charge in [-0.1, -0.05) is 6.92 Å². The minimum Gasteiger partial charge on any atom is -0.344 e. The van der Waals surface area contributed by atoms with Gasteiger partial charge < -0.3 is 10.6 Å². The Morgan fingerprint density at radius 2 is 2.21 bits per heavy atom. The minimum absolute atomic E-state index is 0.0263. The van der Waals surface area contributed by atoms with Crippen molar-refractivity contribution in [1.29, 1.82) is 0 Å². The van der Waals surface area contributed by atoms with Crippen LogP contribution in [0.3, 0.4) is 0 Å². The van der Waals surface area contributed by atoms with Crippen LogP contribution < -0.4 is 5.73 Å². The lowest BCUT2D eigenvalue weighted by molar-refractivity contribution is -0.133. The van der Waals surface area contributed by atoms with Crippen LogP contribution in [-0.4, -0.2) is 54.0 Å². The molecule has 80 valence electrons. The number of nitrogens with zero attached hydrogens (tertiary/aromatic N) is 2. The van der Waals surface area contributed by atoms with Crippen molar-refractivity contribution in [2.24, 2.45) is 5.73 Å². The summed E-state index contributed by atoms with van der Waals surface area (Å²) >= 11 is 0. The van der Waals surface area contributed by atoms with Crippen LogP contribution in [0.1, 0.15) is 19.8 Å². The second-order valence-electron chi connectivity index (χ2n) is 4.69. The first-order valence-corrected chi connectivity index (χ1v) is 5.34. The summed E-state index contributed by atoms with van der Waals surface area (Å²) in [7, 11) is 1.87. The Labute approximate surface area is 85.0 Å². The van der Waals surface area contributed by atoms with E-state index in [0.29, 0.717) is 0 Å². The predicted octanol–water partition coefficient (Wildman–Crippen LogP) is -0.360. The van der Waals surface area contributed by atoms with Crippen molar-refractivity contribution in [2.45, 2.75) is 31.3 Å². The number of rotatable bonds is 2. The number of carbonyl (C=O) groups excluding carboxylic acids is 1. The van der Waals surface area contributed by atoms with E-state index in [9.17, 15) is 4.79 Å². The van der Waals surface area contributed by atoms with Gasteiger partial charge in [-0.3, -0.25) is 9.69 Å². The SMILES string of the molecule is CCC1(N)CN(C2CCN(C)C2=O)C1. The molecule has 2 saturated heterocycles. The highest BCUT2D eigenvalue weighted by Crippen LogP contribution is 2.27. The molecule has 0 radical (unpaired) electrons. The molecule has 4 heteroatoms. The van der Waals surface area contributed by atoms with Crippen LogP contribution in [0.2, 0.25) is 0 Å². The fourth-order valence-corrected chi connectivity index (χ4v) is 2.35. The van der Waals surface area contributed by atoms with Crippen LogP contribution in [0, 0.1) is 0 Å². The quantitative estimate of drug-likeness (QED) is 0.657. The van der Waals surface area contributed by atoms with E-state index in [1.807, 2.05) is 11.9 Å². The van der Waals surface area contributed by atoms with Gasteiger partial charge >= 0.3 is 0 Å². The second-order valence-corrected chi connectivity index (χ2v) is 4.69. The maximum absolute atomic E-state index is 11.7. The van der Waals surface area contributed by atoms with Crippen molar-refractivity contribution in [3.8, 4) is 0 Å². The molecule has 2 aliphatic heterocycles. The van der Waals surface area contributed by atoms with Gasteiger partial charge in [0, 0.05) is 32.2 Å². The van der Waals surface area contributed by atoms with Gasteiger partial charge in [0.15, 0.2) is 0 Å². The fourth-order valence-electron chi connectivity index (χ4n) is 2.35. The number of amides is 1. The Bertz CT molecular complexity index is 248. The molecular weight excluding hydrogens is 178 g/mol. The fraction of sp³-hybridized carbons (Fsp3) is 0.900. The van der Waals surface area contributed by atoms with Crippen LogP contribution in [0.4, 0.5) is 0 Å². The summed E-state index contributed by atoms with van der Waals surface area (Å²) in [4.78, 5) is 15.7. The van der Waals surface area contributed by atoms with E-state index in [-0.39, 0.29) is 17.5 Å². The summed E-state index contributed by atoms with van der Waals surface area (Å²) in [5, 5.41) is 0. The third kappa shape index (κ3) is 1.42. The molecule has 1 atom stereocenters. The van der Waals surface area contributed by atoms with Crippen LogP contribution in [0.15, 0.2) is 0 Å². The van der Waals surface area contributed by atoms with E-state index in [1.54, 1.807) is 0 Å². The first-order valence-electron chi connectivity index (χ1n) is 5.34. The van der Waals surface area contributed by atoms with Crippen molar-refractivity contribution in [2.75, 3.05) is 26.7 Å². The van der Waals surface area contributed by atoms with Gasteiger partial charge in [-0.2, -0.15) is 0 Å². The van der Waals surface area contributed by atoms with Crippen molar-refractivity contribution < 1.29 is 4.79 Å². The highest BCUT2D eigenvalue weighted by atomic mass is 16.2. The maximum atomic E-state index is 11.7. The van der Waals surface area contributed by atoms with Gasteiger partial charge in [0.05, 0.1) is 6.04 Å². The van der Waals surface area contributed by atoms with Gasteiger partial charge in [0.25, 0.3) is 0 Å². The maximum Gasteiger partial charge on any atom is 0.239 e. The number of hydrogen-bond donors (Lipinski definition) is 1. The lowest BCUT2D eigenvalue weighted by Crippen LogP contribution is -2.69. The summed E-state index contributed by atoms with van der Waals surface area (Å²) in [5.41, 5.74) is 6.05. The molecule has 2 N–H and O–H groups in total. The molecule has 2 rings (SSSR count). The summed E-state index contributed by atoms with van der Waals surface area (Å²) in [6.45, 7) is 4.77. The Balaban J connectivity index is 1.91. The van der Waals surface area contributed by atoms with Gasteiger partial charge in [0.2, 0.25) is 5.91 Å². The summed E-state index contributed by atoms with van der Waals surface area (Å²) in [6, 6.07) is 0.114. The minimum atomic E-state index is -0.0263. The molecule has 2 fully saturated rings. The van der Waals surface area contributed by atoms with Crippen LogP contribution in [0.5, 0.6) is 0 Å². The molecule has 0 aromatic rings. The molecule has 0 aromatic carbocycles. The Morgan fingerprint density at radius 1 is 1.57 bits per heavy atom. The standard InChI is InChI=1S/C10H19N3O/c1-3-10(11)6-13(7-10)8-4-5-12(2)9(8)14/h8H,3-7,11H2,1-2H3. The monoisotopic (exact) mass is 197 g/mol. The number of hydrogen-bond acceptors (Lipinski definition) is 3. The largest absolute Gasteiger partial charge is 0.344 e. The van der Waals surface area contributed by atoms with Crippen LogP contribution >= 0.6 is 0 Å². The van der Waals surface area contributed by atoms with Crippen molar-refractivity contribution in [3.05, 3.63) is 0 Å². The lowest BCUT2D eigenvalue weighted by atomic mass is 9.86. The Hall–Kier alpha value is -0.610. The molecule has 0 saturated carbocycles. The van der Waals surface area contributed by atoms with Crippen molar-refractivity contribution >= 4 is 5.91 Å². The number of carbonyl (C=O) groups is 1. The molecule has 2 heterocycles. The van der Waals surface area contributed by atoms with E-state index in [4.69, 9.17) is 5.73 Å². The average molecular weight is 197 g/mol. The first-order chi connectivity index (χ1) is 6.56. The van der Waals surface area contributed by atoms with Gasteiger partial charge in [-0.05, 0) is 12.8 Å². The number of likely N-dealkylation sites (tertiary alicyclic amines) is 2.